The lowest BCUT2D eigenvalue weighted by Crippen LogP contribution is -2.62. The summed E-state index contributed by atoms with van der Waals surface area (Å²) in [5.74, 6) is 2.29. The molecule has 1 aromatic heterocycles. The molecule has 0 unspecified atom stereocenters. The van der Waals surface area contributed by atoms with Gasteiger partial charge in [0.25, 0.3) is 10.0 Å². The number of hydrogen-bond acceptors (Lipinski definition) is 6. The Hall–Kier alpha value is -1.94. The molecule has 43 heavy (non-hydrogen) atoms. The molecule has 1 aromatic carbocycles. The molecule has 4 aliphatic carbocycles. The first-order valence-electron chi connectivity index (χ1n) is 16.3. The highest BCUT2D eigenvalue weighted by atomic mass is 32.2. The lowest BCUT2D eigenvalue weighted by Gasteiger charge is -2.64. The van der Waals surface area contributed by atoms with E-state index in [0.717, 1.165) is 79.6 Å². The van der Waals surface area contributed by atoms with Crippen molar-refractivity contribution < 1.29 is 23.4 Å². The van der Waals surface area contributed by atoms with Gasteiger partial charge in [-0.05, 0) is 115 Å². The number of fused-ring (bicyclic) bond motifs is 5. The third kappa shape index (κ3) is 5.46. The fourth-order valence-corrected chi connectivity index (χ4v) is 12.6. The summed E-state index contributed by atoms with van der Waals surface area (Å²) in [6.45, 7) is 7.48. The third-order valence-electron chi connectivity index (χ3n) is 12.5. The molecule has 2 amide bonds. The number of hydrogen-bond donors (Lipinski definition) is 4. The van der Waals surface area contributed by atoms with Crippen molar-refractivity contribution in [2.24, 2.45) is 46.3 Å². The summed E-state index contributed by atoms with van der Waals surface area (Å²) < 4.78 is 28.1. The van der Waals surface area contributed by atoms with Gasteiger partial charge < -0.3 is 15.5 Å². The van der Waals surface area contributed by atoms with Crippen LogP contribution in [0.2, 0.25) is 0 Å². The van der Waals surface area contributed by atoms with Crippen molar-refractivity contribution in [1.82, 2.24) is 10.0 Å². The van der Waals surface area contributed by atoms with Crippen LogP contribution < -0.4 is 10.0 Å². The van der Waals surface area contributed by atoms with Gasteiger partial charge in [-0.3, -0.25) is 0 Å². The Balaban J connectivity index is 1.07. The second-order valence-corrected chi connectivity index (χ2v) is 17.3. The Morgan fingerprint density at radius 1 is 0.953 bits per heavy atom. The van der Waals surface area contributed by atoms with Crippen LogP contribution in [0.4, 0.5) is 4.79 Å². The van der Waals surface area contributed by atoms with E-state index in [1.165, 1.54) is 0 Å². The van der Waals surface area contributed by atoms with Crippen molar-refractivity contribution in [3.63, 3.8) is 0 Å². The molecule has 1 heterocycles. The Bertz CT molecular complexity index is 1410. The minimum absolute atomic E-state index is 0.104. The zero-order valence-electron chi connectivity index (χ0n) is 25.7. The summed E-state index contributed by atoms with van der Waals surface area (Å²) in [7, 11) is -3.96. The van der Waals surface area contributed by atoms with Gasteiger partial charge in [0.15, 0.2) is 0 Å². The number of benzene rings is 1. The van der Waals surface area contributed by atoms with Crippen LogP contribution in [0.5, 0.6) is 0 Å². The molecule has 4 fully saturated rings. The normalized spacial score (nSPS) is 38.9. The second kappa shape index (κ2) is 11.8. The molecule has 4 N–H and O–H groups in total. The number of carbonyl (C=O) groups is 1. The number of nitrogens with one attached hydrogen (secondary N) is 2. The van der Waals surface area contributed by atoms with E-state index in [9.17, 15) is 23.4 Å². The summed E-state index contributed by atoms with van der Waals surface area (Å²) in [5.41, 5.74) is 1.22. The van der Waals surface area contributed by atoms with Crippen LogP contribution in [0, 0.1) is 46.3 Å². The van der Waals surface area contributed by atoms with Crippen molar-refractivity contribution in [1.29, 1.82) is 0 Å². The zero-order valence-corrected chi connectivity index (χ0v) is 27.3. The van der Waals surface area contributed by atoms with Crippen molar-refractivity contribution in [3.8, 4) is 10.4 Å². The number of rotatable bonds is 7. The standard InChI is InChI=1S/C34H48N2O5S2/c1-4-24-27-20-23(37)14-17-34(27,3)26-15-18-33(2)22(10-11-25(33)30(26)31(24)38)16-19-35-32(39)36-43(40,41)29-13-12-28(42-29)21-8-6-5-7-9-21/h5-9,12-13,22-27,30-31,37-38H,4,10-11,14-20H2,1-3H3,(H2,35,36,39)/t22-,23-,24-,25+,26+,27+,30+,31-,33-,34-/m1/s1. The van der Waals surface area contributed by atoms with Crippen molar-refractivity contribution in [2.75, 3.05) is 6.54 Å². The van der Waals surface area contributed by atoms with Crippen molar-refractivity contribution in [3.05, 3.63) is 42.5 Å². The van der Waals surface area contributed by atoms with Gasteiger partial charge in [0, 0.05) is 11.4 Å². The van der Waals surface area contributed by atoms with E-state index >= 15 is 0 Å². The van der Waals surface area contributed by atoms with Crippen LogP contribution >= 0.6 is 11.3 Å². The first-order chi connectivity index (χ1) is 20.5. The Morgan fingerprint density at radius 2 is 1.67 bits per heavy atom. The van der Waals surface area contributed by atoms with E-state index in [2.05, 4.69) is 30.8 Å². The Kier molecular flexibility index (Phi) is 8.50. The number of thiophene rings is 1. The molecule has 0 saturated heterocycles. The predicted molar refractivity (Wildman–Crippen MR) is 170 cm³/mol. The van der Waals surface area contributed by atoms with E-state index in [-0.39, 0.29) is 39.1 Å². The highest BCUT2D eigenvalue weighted by molar-refractivity contribution is 7.92. The van der Waals surface area contributed by atoms with Crippen molar-refractivity contribution >= 4 is 27.4 Å². The average molecular weight is 629 g/mol. The Labute approximate surface area is 260 Å². The number of aliphatic hydroxyl groups excluding tert-OH is 2. The SMILES string of the molecule is CC[C@H]1[C@@H](O)[C@@H]2[C@H](CC[C@]3(C)[C@@H](CCNC(=O)NS(=O)(=O)c4ccc(-c5ccccc5)s4)CC[C@@H]23)[C@@]2(C)CC[C@@H](O)C[C@@H]12. The van der Waals surface area contributed by atoms with E-state index in [4.69, 9.17) is 0 Å². The lowest BCUT2D eigenvalue weighted by atomic mass is 9.41. The maximum atomic E-state index is 12.9. The molecule has 0 spiro atoms. The highest BCUT2D eigenvalue weighted by Gasteiger charge is 2.64. The van der Waals surface area contributed by atoms with Gasteiger partial charge in [0.05, 0.1) is 12.2 Å². The molecule has 6 rings (SSSR count). The van der Waals surface area contributed by atoms with Gasteiger partial charge in [-0.2, -0.15) is 0 Å². The number of amides is 2. The summed E-state index contributed by atoms with van der Waals surface area (Å²) >= 11 is 1.15. The fourth-order valence-electron chi connectivity index (χ4n) is 10.3. The topological polar surface area (TPSA) is 116 Å². The monoisotopic (exact) mass is 628 g/mol. The minimum atomic E-state index is -3.96. The molecular formula is C34H48N2O5S2. The Morgan fingerprint density at radius 3 is 2.42 bits per heavy atom. The fraction of sp³-hybridized carbons (Fsp3) is 0.676. The van der Waals surface area contributed by atoms with Crippen LogP contribution in [0.25, 0.3) is 10.4 Å². The number of sulfonamides is 1. The second-order valence-electron chi connectivity index (χ2n) is 14.3. The van der Waals surface area contributed by atoms with Gasteiger partial charge in [0.2, 0.25) is 0 Å². The molecule has 9 heteroatoms. The molecule has 0 aliphatic heterocycles. The first-order valence-corrected chi connectivity index (χ1v) is 18.6. The quantitative estimate of drug-likeness (QED) is 0.283. The van der Waals surface area contributed by atoms with Crippen LogP contribution in [-0.2, 0) is 10.0 Å². The smallest absolute Gasteiger partial charge is 0.328 e. The molecule has 7 nitrogen and oxygen atoms in total. The third-order valence-corrected chi connectivity index (χ3v) is 15.5. The predicted octanol–water partition coefficient (Wildman–Crippen LogP) is 6.42. The average Bonchev–Trinajstić information content (AvgIpc) is 3.61. The van der Waals surface area contributed by atoms with E-state index in [0.29, 0.717) is 30.2 Å². The first kappa shape index (κ1) is 31.1. The lowest BCUT2D eigenvalue weighted by molar-refractivity contribution is -0.202. The van der Waals surface area contributed by atoms with Crippen LogP contribution in [-0.4, -0.2) is 43.4 Å². The molecule has 0 bridgehead atoms. The molecule has 236 valence electrons. The maximum Gasteiger partial charge on any atom is 0.328 e. The highest BCUT2D eigenvalue weighted by Crippen LogP contribution is 2.69. The van der Waals surface area contributed by atoms with Gasteiger partial charge in [-0.15, -0.1) is 11.3 Å². The number of urea groups is 1. The molecule has 4 saturated carbocycles. The van der Waals surface area contributed by atoms with Crippen LogP contribution in [0.3, 0.4) is 0 Å². The summed E-state index contributed by atoms with van der Waals surface area (Å²) in [4.78, 5) is 13.5. The zero-order chi connectivity index (χ0) is 30.6. The van der Waals surface area contributed by atoms with Crippen LogP contribution in [0.15, 0.2) is 46.7 Å². The van der Waals surface area contributed by atoms with Gasteiger partial charge in [0.1, 0.15) is 4.21 Å². The largest absolute Gasteiger partial charge is 0.393 e. The van der Waals surface area contributed by atoms with Gasteiger partial charge in [-0.25, -0.2) is 17.9 Å². The van der Waals surface area contributed by atoms with Gasteiger partial charge in [-0.1, -0.05) is 57.5 Å². The summed E-state index contributed by atoms with van der Waals surface area (Å²) in [5, 5.41) is 25.2. The maximum absolute atomic E-state index is 12.9. The van der Waals surface area contributed by atoms with E-state index < -0.39 is 16.1 Å². The van der Waals surface area contributed by atoms with E-state index in [1.807, 2.05) is 30.3 Å². The number of carbonyl (C=O) groups excluding carboxylic acids is 1. The van der Waals surface area contributed by atoms with E-state index in [1.54, 1.807) is 12.1 Å². The molecule has 10 atom stereocenters. The molecule has 2 aromatic rings. The van der Waals surface area contributed by atoms with Crippen molar-refractivity contribution in [2.45, 2.75) is 95.0 Å². The molecular weight excluding hydrogens is 581 g/mol. The molecule has 4 aliphatic rings. The summed E-state index contributed by atoms with van der Waals surface area (Å²) in [6.07, 6.45) is 8.35. The number of aliphatic hydroxyl groups is 2. The molecule has 0 radical (unpaired) electrons. The van der Waals surface area contributed by atoms with Gasteiger partial charge >= 0.3 is 6.03 Å². The summed E-state index contributed by atoms with van der Waals surface area (Å²) in [6, 6.07) is 12.2. The van der Waals surface area contributed by atoms with Crippen LogP contribution in [0.1, 0.15) is 78.6 Å². The minimum Gasteiger partial charge on any atom is -0.393 e.